The SMILES string of the molecule is C/C=C\N=C(C)c1cc(-c2ncnn2C)c2c(N)c(S(=O)CCCC)sc2n1.CC.CC.CCCCSc1sc2nc(-c3nccs3)cc(-c3cnc(C)n3C3CC3)c2c1N.Cc1sc2nc(-c3cccs3)cc(-c3ccccc3)c2c1N. The van der Waals surface area contributed by atoms with E-state index in [1.807, 2.05) is 96.3 Å². The van der Waals surface area contributed by atoms with E-state index in [2.05, 4.69) is 111 Å². The number of fused-ring (bicyclic) bond motifs is 3. The summed E-state index contributed by atoms with van der Waals surface area (Å²) in [4.78, 5) is 37.5. The first-order valence-electron chi connectivity index (χ1n) is 28.1. The highest BCUT2D eigenvalue weighted by molar-refractivity contribution is 8.01. The summed E-state index contributed by atoms with van der Waals surface area (Å²) in [6.07, 6.45) is 15.6. The number of nitrogens with zero attached hydrogens (tertiary/aromatic N) is 10. The van der Waals surface area contributed by atoms with E-state index in [1.54, 1.807) is 56.2 Å². The molecule has 10 aromatic heterocycles. The first-order chi connectivity index (χ1) is 40.4. The van der Waals surface area contributed by atoms with Gasteiger partial charge in [-0.3, -0.25) is 9.20 Å². The number of nitrogen functional groups attached to an aromatic ring is 3. The molecule has 1 unspecified atom stereocenters. The van der Waals surface area contributed by atoms with Gasteiger partial charge in [-0.2, -0.15) is 5.10 Å². The number of thiazole rings is 1. The number of anilines is 3. The molecule has 1 saturated carbocycles. The van der Waals surface area contributed by atoms with Gasteiger partial charge in [0.1, 0.15) is 41.6 Å². The van der Waals surface area contributed by atoms with Gasteiger partial charge in [0.2, 0.25) is 0 Å². The summed E-state index contributed by atoms with van der Waals surface area (Å²) in [5, 5.41) is 12.1. The summed E-state index contributed by atoms with van der Waals surface area (Å²) in [6, 6.07) is 21.4. The van der Waals surface area contributed by atoms with E-state index in [-0.39, 0.29) is 0 Å². The van der Waals surface area contributed by atoms with Crippen LogP contribution in [0, 0.1) is 13.8 Å². The van der Waals surface area contributed by atoms with Crippen molar-refractivity contribution < 1.29 is 4.21 Å². The summed E-state index contributed by atoms with van der Waals surface area (Å²) in [7, 11) is 0.690. The number of unbranched alkanes of at least 4 members (excludes halogenated alkanes) is 2. The van der Waals surface area contributed by atoms with E-state index in [0.29, 0.717) is 27.5 Å². The van der Waals surface area contributed by atoms with Gasteiger partial charge in [-0.05, 0) is 99.9 Å². The molecule has 1 atom stereocenters. The molecule has 0 radical (unpaired) electrons. The Balaban J connectivity index is 0.000000159. The highest BCUT2D eigenvalue weighted by atomic mass is 32.2. The minimum atomic E-state index is -1.14. The Morgan fingerprint density at radius 2 is 1.48 bits per heavy atom. The van der Waals surface area contributed by atoms with Crippen LogP contribution in [0.4, 0.5) is 17.1 Å². The minimum Gasteiger partial charge on any atom is -0.397 e. The lowest BCUT2D eigenvalue weighted by Gasteiger charge is -2.11. The number of thioether (sulfide) groups is 1. The molecule has 1 aliphatic carbocycles. The van der Waals surface area contributed by atoms with Crippen LogP contribution in [-0.2, 0) is 17.8 Å². The maximum atomic E-state index is 12.8. The number of aromatic nitrogens is 9. The second-order valence-electron chi connectivity index (χ2n) is 18.9. The number of pyridine rings is 3. The third-order valence-electron chi connectivity index (χ3n) is 13.3. The summed E-state index contributed by atoms with van der Waals surface area (Å²) in [6.45, 7) is 20.3. The zero-order chi connectivity index (χ0) is 59.3. The van der Waals surface area contributed by atoms with E-state index in [0.717, 1.165) is 122 Å². The summed E-state index contributed by atoms with van der Waals surface area (Å²) in [5.41, 5.74) is 30.6. The molecule has 0 spiro atoms. The molecule has 434 valence electrons. The van der Waals surface area contributed by atoms with Gasteiger partial charge in [0, 0.05) is 68.8 Å². The fraction of sp³-hybridized carbons (Fsp3) is 0.323. The van der Waals surface area contributed by atoms with Crippen LogP contribution < -0.4 is 17.2 Å². The highest BCUT2D eigenvalue weighted by Gasteiger charge is 2.30. The third kappa shape index (κ3) is 14.0. The van der Waals surface area contributed by atoms with E-state index >= 15 is 0 Å². The van der Waals surface area contributed by atoms with Crippen molar-refractivity contribution in [3.05, 3.63) is 119 Å². The van der Waals surface area contributed by atoms with Crippen LogP contribution in [0.15, 0.2) is 116 Å². The van der Waals surface area contributed by atoms with Crippen LogP contribution in [0.25, 0.3) is 85.7 Å². The number of benzene rings is 1. The molecule has 0 amide bonds. The van der Waals surface area contributed by atoms with Gasteiger partial charge in [-0.1, -0.05) is 96.9 Å². The van der Waals surface area contributed by atoms with Gasteiger partial charge in [-0.15, -0.1) is 68.4 Å². The number of rotatable bonds is 16. The van der Waals surface area contributed by atoms with Gasteiger partial charge in [0.15, 0.2) is 5.82 Å². The topological polar surface area (TPSA) is 208 Å². The number of allylic oxidation sites excluding steroid dienone is 1. The van der Waals surface area contributed by atoms with Crippen LogP contribution in [0.5, 0.6) is 0 Å². The van der Waals surface area contributed by atoms with Gasteiger partial charge >= 0.3 is 0 Å². The van der Waals surface area contributed by atoms with Gasteiger partial charge in [0.25, 0.3) is 0 Å². The predicted octanol–water partition coefficient (Wildman–Crippen LogP) is 18.0. The largest absolute Gasteiger partial charge is 0.397 e. The second-order valence-corrected chi connectivity index (χ2v) is 27.0. The molecule has 83 heavy (non-hydrogen) atoms. The van der Waals surface area contributed by atoms with E-state index < -0.39 is 10.8 Å². The monoisotopic (exact) mass is 1240 g/mol. The second kappa shape index (κ2) is 29.4. The smallest absolute Gasteiger partial charge is 0.158 e. The van der Waals surface area contributed by atoms with Gasteiger partial charge in [-0.25, -0.2) is 34.6 Å². The molecule has 12 rings (SSSR count). The lowest BCUT2D eigenvalue weighted by atomic mass is 10.0. The summed E-state index contributed by atoms with van der Waals surface area (Å²) >= 11 is 9.94. The number of imidazole rings is 1. The average Bonchev–Trinajstić information content (AvgIpc) is 3.03. The van der Waals surface area contributed by atoms with Gasteiger partial charge < -0.3 is 21.8 Å². The Morgan fingerprint density at radius 3 is 2.14 bits per heavy atom. The molecule has 1 aromatic carbocycles. The molecule has 0 aliphatic heterocycles. The molecule has 0 bridgehead atoms. The lowest BCUT2D eigenvalue weighted by molar-refractivity contribution is 0.681. The van der Waals surface area contributed by atoms with Crippen LogP contribution >= 0.6 is 68.4 Å². The number of aryl methyl sites for hydroxylation is 3. The first-order valence-corrected chi connectivity index (χ1v) is 34.6. The van der Waals surface area contributed by atoms with Crippen molar-refractivity contribution >= 4 is 133 Å². The van der Waals surface area contributed by atoms with Crippen molar-refractivity contribution in [2.45, 2.75) is 122 Å². The Hall–Kier alpha value is -6.46. The molecule has 6 N–H and O–H groups in total. The molecule has 1 aliphatic rings. The summed E-state index contributed by atoms with van der Waals surface area (Å²) in [5.74, 6) is 3.43. The minimum absolute atomic E-state index is 0.523. The highest BCUT2D eigenvalue weighted by Crippen LogP contribution is 2.48. The van der Waals surface area contributed by atoms with E-state index in [9.17, 15) is 4.21 Å². The van der Waals surface area contributed by atoms with E-state index in [4.69, 9.17) is 32.2 Å². The number of thiophene rings is 4. The molecular weight excluding hydrogens is 1170 g/mol. The van der Waals surface area contributed by atoms with Gasteiger partial charge in [0.05, 0.1) is 65.9 Å². The molecule has 21 heteroatoms. The number of hydrogen-bond donors (Lipinski definition) is 3. The number of hydrogen-bond acceptors (Lipinski definition) is 18. The predicted molar refractivity (Wildman–Crippen MR) is 362 cm³/mol. The van der Waals surface area contributed by atoms with Crippen molar-refractivity contribution in [2.75, 3.05) is 28.7 Å². The third-order valence-corrected chi connectivity index (χ3v) is 21.4. The zero-order valence-corrected chi connectivity index (χ0v) is 54.7. The molecule has 10 heterocycles. The fourth-order valence-electron chi connectivity index (χ4n) is 9.04. The van der Waals surface area contributed by atoms with Crippen LogP contribution in [-0.4, -0.2) is 65.7 Å². The van der Waals surface area contributed by atoms with Crippen molar-refractivity contribution in [1.82, 2.24) is 44.3 Å². The van der Waals surface area contributed by atoms with Crippen molar-refractivity contribution in [3.63, 3.8) is 0 Å². The molecule has 1 fully saturated rings. The van der Waals surface area contributed by atoms with Crippen LogP contribution in [0.3, 0.4) is 0 Å². The number of aliphatic imine (C=N–C) groups is 1. The standard InChI is InChI=1S/C21H23N5S3.C19H24N6OS2.C18H14N2S2.2C2H6/c1-3-4-8-28-21-18(22)17-14(16-11-24-12(2)26(16)13-5-6-13)10-15(25-20(17)29-21)19-23-7-9-27-19;1-5-7-9-28(26)19-16(20)15-13(17-22-11-23-25(17)4)10-14(24-18(15)27-19)12(3)21-8-6-2;1-11-17(19)16-13(12-6-3-2-4-7-12)10-14(20-18(16)22-11)15-8-5-9-21-15;2*1-2/h7,9-11,13H,3-6,8,22H2,1-2H3;6,8,10-11H,5,7,9,20H2,1-4H3;2-10H,19H2,1H3;2*1-2H3/b;8-6-,21-12?;;;. The normalized spacial score (nSPS) is 12.6. The quantitative estimate of drug-likeness (QED) is 0.0469. The Bertz CT molecular complexity index is 3990. The first kappa shape index (κ1) is 62.6. The van der Waals surface area contributed by atoms with Crippen molar-refractivity contribution in [1.29, 1.82) is 0 Å². The Morgan fingerprint density at radius 1 is 0.783 bits per heavy atom. The number of nitrogens with two attached hydrogens (primary N) is 3. The maximum Gasteiger partial charge on any atom is 0.158 e. The molecule has 11 aromatic rings. The maximum absolute atomic E-state index is 12.8. The van der Waals surface area contributed by atoms with Crippen molar-refractivity contribution in [2.24, 2.45) is 12.0 Å². The van der Waals surface area contributed by atoms with Crippen molar-refractivity contribution in [3.8, 4) is 55.0 Å². The molecular formula is C62H73N13OS7. The molecule has 0 saturated heterocycles. The zero-order valence-electron chi connectivity index (χ0n) is 49.0. The lowest BCUT2D eigenvalue weighted by Crippen LogP contribution is -2.02. The Kier molecular flexibility index (Phi) is 22.1. The van der Waals surface area contributed by atoms with Crippen LogP contribution in [0.1, 0.15) is 116 Å². The van der Waals surface area contributed by atoms with Crippen LogP contribution in [0.2, 0.25) is 0 Å². The fourth-order valence-corrected chi connectivity index (χ4v) is 16.5. The average molecular weight is 1240 g/mol. The molecule has 14 nitrogen and oxygen atoms in total. The Labute approximate surface area is 514 Å². The summed E-state index contributed by atoms with van der Waals surface area (Å²) < 4.78 is 18.7. The van der Waals surface area contributed by atoms with E-state index in [1.165, 1.54) is 58.0 Å².